The van der Waals surface area contributed by atoms with Gasteiger partial charge in [-0.25, -0.2) is 0 Å². The van der Waals surface area contributed by atoms with Gasteiger partial charge in [0.25, 0.3) is 5.24 Å². The van der Waals surface area contributed by atoms with Crippen molar-refractivity contribution in [2.75, 3.05) is 26.0 Å². The summed E-state index contributed by atoms with van der Waals surface area (Å²) in [6.07, 6.45) is 34.0. The first-order valence-corrected chi connectivity index (χ1v) is 17.5. The number of allylic oxidation sites excluding steroid dienone is 1. The molecule has 4 nitrogen and oxygen atoms in total. The quantitative estimate of drug-likeness (QED) is 0.0549. The van der Waals surface area contributed by atoms with Gasteiger partial charge in [0.15, 0.2) is 0 Å². The van der Waals surface area contributed by atoms with Gasteiger partial charge >= 0.3 is 5.97 Å². The van der Waals surface area contributed by atoms with E-state index in [9.17, 15) is 9.59 Å². The smallest absolute Gasteiger partial charge is 0.306 e. The van der Waals surface area contributed by atoms with Gasteiger partial charge in [-0.15, -0.1) is 0 Å². The van der Waals surface area contributed by atoms with E-state index in [1.165, 1.54) is 108 Å². The van der Waals surface area contributed by atoms with E-state index in [0.29, 0.717) is 13.0 Å². The highest BCUT2D eigenvalue weighted by Crippen LogP contribution is 2.14. The molecule has 0 aliphatic rings. The summed E-state index contributed by atoms with van der Waals surface area (Å²) in [4.78, 5) is 26.2. The van der Waals surface area contributed by atoms with Gasteiger partial charge in [0, 0.05) is 19.5 Å². The van der Waals surface area contributed by atoms with Crippen LogP contribution in [0.25, 0.3) is 0 Å². The van der Waals surface area contributed by atoms with Crippen LogP contribution < -0.4 is 0 Å². The fourth-order valence-electron chi connectivity index (χ4n) is 4.76. The molecule has 0 spiro atoms. The number of hydrogen-bond donors (Lipinski definition) is 0. The van der Waals surface area contributed by atoms with E-state index in [-0.39, 0.29) is 11.2 Å². The van der Waals surface area contributed by atoms with Crippen molar-refractivity contribution in [2.24, 2.45) is 0 Å². The molecule has 0 heterocycles. The van der Waals surface area contributed by atoms with E-state index in [2.05, 4.69) is 24.8 Å². The Morgan fingerprint density at radius 2 is 1.05 bits per heavy atom. The molecule has 0 aliphatic carbocycles. The van der Waals surface area contributed by atoms with Crippen molar-refractivity contribution < 1.29 is 14.3 Å². The number of thioether (sulfide) groups is 1. The number of esters is 1. The molecule has 38 heavy (non-hydrogen) atoms. The number of nitrogens with zero attached hydrogens (tertiary/aromatic N) is 1. The molecule has 0 aliphatic heterocycles. The first-order valence-electron chi connectivity index (χ1n) is 16.3. The molecule has 0 rings (SSSR count). The average Bonchev–Trinajstić information content (AvgIpc) is 2.92. The molecule has 0 atom stereocenters. The van der Waals surface area contributed by atoms with Crippen LogP contribution in [-0.2, 0) is 9.53 Å². The summed E-state index contributed by atoms with van der Waals surface area (Å²) >= 11 is 1.34. The summed E-state index contributed by atoms with van der Waals surface area (Å²) in [7, 11) is 0. The van der Waals surface area contributed by atoms with Crippen LogP contribution >= 0.6 is 11.8 Å². The summed E-state index contributed by atoms with van der Waals surface area (Å²) in [6.45, 7) is 6.67. The molecule has 1 amide bonds. The predicted molar refractivity (Wildman–Crippen MR) is 168 cm³/mol. The standard InChI is InChI=1S/C33H63NO3S/c1-4-6-8-10-12-13-14-15-16-17-21-25-29-34(33(36)38-3)30-26-22-19-20-24-28-32(35)37-31-27-23-18-11-9-7-5-2/h23,27H,4-22,24-26,28-31H2,1-3H3/b27-23-. The lowest BCUT2D eigenvalue weighted by Gasteiger charge is -2.21. The molecule has 0 saturated carbocycles. The maximum Gasteiger partial charge on any atom is 0.306 e. The summed E-state index contributed by atoms with van der Waals surface area (Å²) in [6, 6.07) is 0. The minimum atomic E-state index is -0.0835. The Kier molecular flexibility index (Phi) is 29.8. The molecular formula is C33H63NO3S. The van der Waals surface area contributed by atoms with Crippen LogP contribution in [0.2, 0.25) is 0 Å². The van der Waals surface area contributed by atoms with Crippen LogP contribution in [0.3, 0.4) is 0 Å². The highest BCUT2D eigenvalue weighted by molar-refractivity contribution is 8.12. The lowest BCUT2D eigenvalue weighted by Crippen LogP contribution is -2.29. The van der Waals surface area contributed by atoms with Gasteiger partial charge in [-0.3, -0.25) is 9.59 Å². The molecule has 0 radical (unpaired) electrons. The Bertz CT molecular complexity index is 552. The van der Waals surface area contributed by atoms with Gasteiger partial charge in [0.2, 0.25) is 0 Å². The van der Waals surface area contributed by atoms with Crippen molar-refractivity contribution in [3.8, 4) is 0 Å². The fraction of sp³-hybridized carbons (Fsp3) is 0.879. The van der Waals surface area contributed by atoms with E-state index in [0.717, 1.165) is 58.0 Å². The van der Waals surface area contributed by atoms with Gasteiger partial charge in [-0.2, -0.15) is 0 Å². The minimum Gasteiger partial charge on any atom is -0.461 e. The Balaban J connectivity index is 3.66. The summed E-state index contributed by atoms with van der Waals surface area (Å²) in [5.41, 5.74) is 0. The first-order chi connectivity index (χ1) is 18.7. The molecule has 0 N–H and O–H groups in total. The van der Waals surface area contributed by atoms with E-state index < -0.39 is 0 Å². The van der Waals surface area contributed by atoms with Gasteiger partial charge in [-0.05, 0) is 38.4 Å². The number of carbonyl (C=O) groups excluding carboxylic acids is 2. The maximum absolute atomic E-state index is 12.3. The average molecular weight is 554 g/mol. The molecule has 0 aromatic rings. The van der Waals surface area contributed by atoms with Crippen molar-refractivity contribution in [2.45, 2.75) is 162 Å². The second-order valence-corrected chi connectivity index (χ2v) is 11.6. The lowest BCUT2D eigenvalue weighted by atomic mass is 10.1. The van der Waals surface area contributed by atoms with Gasteiger partial charge < -0.3 is 9.64 Å². The summed E-state index contributed by atoms with van der Waals surface area (Å²) in [5, 5.41) is 0.214. The van der Waals surface area contributed by atoms with Gasteiger partial charge in [0.1, 0.15) is 6.61 Å². The number of carbonyl (C=O) groups is 2. The molecule has 0 fully saturated rings. The van der Waals surface area contributed by atoms with E-state index >= 15 is 0 Å². The maximum atomic E-state index is 12.3. The van der Waals surface area contributed by atoms with Crippen molar-refractivity contribution in [1.82, 2.24) is 4.90 Å². The lowest BCUT2D eigenvalue weighted by molar-refractivity contribution is -0.142. The van der Waals surface area contributed by atoms with Crippen LogP contribution in [0.5, 0.6) is 0 Å². The van der Waals surface area contributed by atoms with Crippen molar-refractivity contribution in [1.29, 1.82) is 0 Å². The molecule has 0 unspecified atom stereocenters. The number of hydrogen-bond acceptors (Lipinski definition) is 4. The number of unbranched alkanes of at least 4 members (excludes halogenated alkanes) is 19. The van der Waals surface area contributed by atoms with E-state index in [1.807, 2.05) is 12.3 Å². The second-order valence-electron chi connectivity index (χ2n) is 10.9. The third-order valence-electron chi connectivity index (χ3n) is 7.25. The molecule has 0 aromatic heterocycles. The Labute approximate surface area is 241 Å². The molecular weight excluding hydrogens is 490 g/mol. The van der Waals surface area contributed by atoms with Gasteiger partial charge in [0.05, 0.1) is 0 Å². The number of amides is 1. The van der Waals surface area contributed by atoms with Crippen LogP contribution in [0.4, 0.5) is 4.79 Å². The highest BCUT2D eigenvalue weighted by atomic mass is 32.2. The zero-order valence-electron chi connectivity index (χ0n) is 25.6. The highest BCUT2D eigenvalue weighted by Gasteiger charge is 2.11. The molecule has 0 bridgehead atoms. The second kappa shape index (κ2) is 30.6. The van der Waals surface area contributed by atoms with Crippen LogP contribution in [0.1, 0.15) is 162 Å². The van der Waals surface area contributed by atoms with Crippen LogP contribution in [0.15, 0.2) is 12.2 Å². The molecule has 0 saturated heterocycles. The summed E-state index contributed by atoms with van der Waals surface area (Å²) < 4.78 is 5.29. The minimum absolute atomic E-state index is 0.0835. The normalized spacial score (nSPS) is 11.3. The largest absolute Gasteiger partial charge is 0.461 e. The van der Waals surface area contributed by atoms with Crippen molar-refractivity contribution in [3.05, 3.63) is 12.2 Å². The third-order valence-corrected chi connectivity index (χ3v) is 7.86. The monoisotopic (exact) mass is 553 g/mol. The van der Waals surface area contributed by atoms with Crippen LogP contribution in [0, 0.1) is 0 Å². The number of rotatable bonds is 28. The summed E-state index contributed by atoms with van der Waals surface area (Å²) in [5.74, 6) is -0.0835. The van der Waals surface area contributed by atoms with E-state index in [4.69, 9.17) is 4.74 Å². The Morgan fingerprint density at radius 1 is 0.605 bits per heavy atom. The van der Waals surface area contributed by atoms with Gasteiger partial charge in [-0.1, -0.05) is 147 Å². The van der Waals surface area contributed by atoms with Crippen molar-refractivity contribution in [3.63, 3.8) is 0 Å². The zero-order valence-corrected chi connectivity index (χ0v) is 26.4. The fourth-order valence-corrected chi connectivity index (χ4v) is 5.20. The molecule has 224 valence electrons. The Morgan fingerprint density at radius 3 is 1.55 bits per heavy atom. The third kappa shape index (κ3) is 26.6. The number of ether oxygens (including phenoxy) is 1. The SMILES string of the molecule is CCCCCC/C=C\COC(=O)CCCCCCCN(CCCCCCCCCCCCCC)C(=O)SC. The Hall–Kier alpha value is -0.970. The topological polar surface area (TPSA) is 46.6 Å². The molecule has 5 heteroatoms. The van der Waals surface area contributed by atoms with Crippen molar-refractivity contribution >= 4 is 23.0 Å². The molecule has 0 aromatic carbocycles. The zero-order chi connectivity index (χ0) is 27.9. The first kappa shape index (κ1) is 37.0. The van der Waals surface area contributed by atoms with E-state index in [1.54, 1.807) is 0 Å². The van der Waals surface area contributed by atoms with Crippen LogP contribution in [-0.4, -0.2) is 42.1 Å². The predicted octanol–water partition coefficient (Wildman–Crippen LogP) is 10.9.